The number of carbonyl (C=O) groups excluding carboxylic acids is 1. The molecular weight excluding hydrogens is 362 g/mol. The van der Waals surface area contributed by atoms with Crippen LogP contribution in [0.5, 0.6) is 0 Å². The van der Waals surface area contributed by atoms with Crippen LogP contribution in [0.25, 0.3) is 16.7 Å². The molecule has 0 saturated carbocycles. The minimum Gasteiger partial charge on any atom is -0.465 e. The number of nitrogens with zero attached hydrogens (tertiary/aromatic N) is 3. The number of para-hydroxylation sites is 1. The number of benzene rings is 1. The molecule has 7 nitrogen and oxygen atoms in total. The van der Waals surface area contributed by atoms with Gasteiger partial charge in [-0.05, 0) is 31.2 Å². The number of nitriles is 1. The second-order valence-electron chi connectivity index (χ2n) is 5.36. The normalized spacial score (nSPS) is 11.6. The van der Waals surface area contributed by atoms with Gasteiger partial charge in [0.05, 0.1) is 22.9 Å². The zero-order chi connectivity index (χ0) is 19.1. The molecule has 0 fully saturated rings. The fraction of sp³-hybridized carbons (Fsp3) is 0.158. The summed E-state index contributed by atoms with van der Waals surface area (Å²) >= 11 is 1.19. The molecule has 2 heterocycles. The first kappa shape index (κ1) is 18.5. The van der Waals surface area contributed by atoms with Crippen LogP contribution >= 0.6 is 11.8 Å². The Morgan fingerprint density at radius 1 is 1.30 bits per heavy atom. The minimum atomic E-state index is -0.349. The molecule has 136 valence electrons. The maximum atomic E-state index is 11.8. The highest BCUT2D eigenvalue weighted by atomic mass is 32.2. The molecule has 0 aliphatic heterocycles. The fourth-order valence-corrected chi connectivity index (χ4v) is 3.15. The Hall–Kier alpha value is -3.31. The molecule has 0 bridgehead atoms. The lowest BCUT2D eigenvalue weighted by molar-refractivity contribution is -0.139. The van der Waals surface area contributed by atoms with Gasteiger partial charge in [-0.25, -0.2) is 9.97 Å². The summed E-state index contributed by atoms with van der Waals surface area (Å²) in [5.74, 6) is 0.117. The molecule has 2 N–H and O–H groups in total. The van der Waals surface area contributed by atoms with Gasteiger partial charge >= 0.3 is 5.97 Å². The molecule has 1 aromatic carbocycles. The van der Waals surface area contributed by atoms with Gasteiger partial charge in [-0.3, -0.25) is 4.79 Å². The van der Waals surface area contributed by atoms with E-state index in [1.54, 1.807) is 19.2 Å². The highest BCUT2D eigenvalue weighted by Crippen LogP contribution is 2.28. The van der Waals surface area contributed by atoms with E-state index in [0.717, 1.165) is 11.2 Å². The van der Waals surface area contributed by atoms with Crippen molar-refractivity contribution < 1.29 is 9.53 Å². The number of imidazole rings is 1. The number of rotatable bonds is 7. The summed E-state index contributed by atoms with van der Waals surface area (Å²) in [6, 6.07) is 15.2. The number of thioether (sulfide) groups is 1. The molecule has 3 aromatic rings. The largest absolute Gasteiger partial charge is 0.465 e. The van der Waals surface area contributed by atoms with Crippen LogP contribution in [0.15, 0.2) is 53.7 Å². The van der Waals surface area contributed by atoms with Crippen molar-refractivity contribution in [2.75, 3.05) is 17.7 Å². The summed E-state index contributed by atoms with van der Waals surface area (Å²) in [5, 5.41) is 13.5. The molecule has 27 heavy (non-hydrogen) atoms. The molecule has 0 saturated heterocycles. The van der Waals surface area contributed by atoms with Crippen molar-refractivity contribution in [3.8, 4) is 6.07 Å². The van der Waals surface area contributed by atoms with Crippen molar-refractivity contribution >= 4 is 40.2 Å². The van der Waals surface area contributed by atoms with E-state index in [1.165, 1.54) is 11.8 Å². The number of anilines is 1. The number of pyridine rings is 1. The Morgan fingerprint density at radius 3 is 2.81 bits per heavy atom. The van der Waals surface area contributed by atoms with Gasteiger partial charge < -0.3 is 15.0 Å². The second kappa shape index (κ2) is 8.87. The number of hydrogen-bond acceptors (Lipinski definition) is 7. The molecule has 0 spiro atoms. The Labute approximate surface area is 160 Å². The van der Waals surface area contributed by atoms with Gasteiger partial charge in [0.25, 0.3) is 0 Å². The predicted octanol–water partition coefficient (Wildman–Crippen LogP) is 3.56. The van der Waals surface area contributed by atoms with E-state index in [4.69, 9.17) is 4.74 Å². The molecule has 0 atom stereocenters. The Kier molecular flexibility index (Phi) is 6.07. The Morgan fingerprint density at radius 2 is 2.11 bits per heavy atom. The van der Waals surface area contributed by atoms with Crippen molar-refractivity contribution in [3.63, 3.8) is 0 Å². The van der Waals surface area contributed by atoms with Crippen molar-refractivity contribution in [1.82, 2.24) is 15.0 Å². The summed E-state index contributed by atoms with van der Waals surface area (Å²) in [6.07, 6.45) is 1.64. The van der Waals surface area contributed by atoms with Crippen LogP contribution in [0.2, 0.25) is 0 Å². The van der Waals surface area contributed by atoms with E-state index in [0.29, 0.717) is 28.7 Å². The zero-order valence-electron chi connectivity index (χ0n) is 14.6. The number of ether oxygens (including phenoxy) is 1. The number of fused-ring (bicyclic) bond motifs is 1. The standard InChI is InChI=1S/C19H17N5O2S/c1-2-26-16(25)12-27-19(22-13-7-4-3-5-8-13)14(11-20)17-23-15-9-6-10-21-18(15)24-17/h3-10,22H,2,12H2,1H3,(H,21,23,24). The first-order valence-electron chi connectivity index (χ1n) is 8.27. The summed E-state index contributed by atoms with van der Waals surface area (Å²) in [7, 11) is 0. The monoisotopic (exact) mass is 379 g/mol. The SMILES string of the molecule is CCOC(=O)CSC(Nc1ccccc1)=C(C#N)c1nc2ncccc2[nH]1. The maximum absolute atomic E-state index is 11.8. The van der Waals surface area contributed by atoms with Gasteiger partial charge in [0.2, 0.25) is 0 Å². The first-order valence-corrected chi connectivity index (χ1v) is 9.25. The third-order valence-electron chi connectivity index (χ3n) is 3.50. The third-order valence-corrected chi connectivity index (χ3v) is 4.48. The van der Waals surface area contributed by atoms with Gasteiger partial charge in [0.15, 0.2) is 11.5 Å². The average molecular weight is 379 g/mol. The lowest BCUT2D eigenvalue weighted by atomic mass is 10.3. The summed E-state index contributed by atoms with van der Waals surface area (Å²) < 4.78 is 4.98. The number of carbonyl (C=O) groups is 1. The zero-order valence-corrected chi connectivity index (χ0v) is 15.4. The molecule has 3 rings (SSSR count). The summed E-state index contributed by atoms with van der Waals surface area (Å²) in [5.41, 5.74) is 2.35. The Balaban J connectivity index is 1.98. The predicted molar refractivity (Wildman–Crippen MR) is 106 cm³/mol. The van der Waals surface area contributed by atoms with Crippen molar-refractivity contribution in [1.29, 1.82) is 5.26 Å². The van der Waals surface area contributed by atoms with Gasteiger partial charge in [-0.2, -0.15) is 5.26 Å². The van der Waals surface area contributed by atoms with Crippen LogP contribution in [0.1, 0.15) is 12.7 Å². The van der Waals surface area contributed by atoms with Crippen LogP contribution < -0.4 is 5.32 Å². The molecule has 0 radical (unpaired) electrons. The van der Waals surface area contributed by atoms with Crippen molar-refractivity contribution in [3.05, 3.63) is 59.5 Å². The molecule has 0 unspecified atom stereocenters. The molecule has 0 aliphatic rings. The average Bonchev–Trinajstić information content (AvgIpc) is 3.11. The van der Waals surface area contributed by atoms with Crippen LogP contribution in [0, 0.1) is 11.3 Å². The molecule has 0 aliphatic carbocycles. The van der Waals surface area contributed by atoms with Gasteiger partial charge in [-0.1, -0.05) is 30.0 Å². The smallest absolute Gasteiger partial charge is 0.316 e. The fourth-order valence-electron chi connectivity index (χ4n) is 2.33. The number of nitrogens with one attached hydrogen (secondary N) is 2. The third kappa shape index (κ3) is 4.65. The molecule has 8 heteroatoms. The number of allylic oxidation sites excluding steroid dienone is 1. The van der Waals surface area contributed by atoms with E-state index < -0.39 is 0 Å². The van der Waals surface area contributed by atoms with Gasteiger partial charge in [-0.15, -0.1) is 0 Å². The quantitative estimate of drug-likeness (QED) is 0.478. The number of H-pyrrole nitrogens is 1. The topological polar surface area (TPSA) is 104 Å². The maximum Gasteiger partial charge on any atom is 0.316 e. The summed E-state index contributed by atoms with van der Waals surface area (Å²) in [4.78, 5) is 23.5. The van der Waals surface area contributed by atoms with E-state index in [2.05, 4.69) is 26.3 Å². The first-order chi connectivity index (χ1) is 13.2. The molecule has 2 aromatic heterocycles. The van der Waals surface area contributed by atoms with E-state index >= 15 is 0 Å². The van der Waals surface area contributed by atoms with Crippen LogP contribution in [0.4, 0.5) is 5.69 Å². The number of aromatic amines is 1. The van der Waals surface area contributed by atoms with Crippen molar-refractivity contribution in [2.45, 2.75) is 6.92 Å². The molecule has 0 amide bonds. The van der Waals surface area contributed by atoms with Crippen LogP contribution in [-0.4, -0.2) is 33.3 Å². The van der Waals surface area contributed by atoms with Crippen LogP contribution in [0.3, 0.4) is 0 Å². The van der Waals surface area contributed by atoms with Crippen LogP contribution in [-0.2, 0) is 9.53 Å². The number of aromatic nitrogens is 3. The highest BCUT2D eigenvalue weighted by Gasteiger charge is 2.17. The molecular formula is C19H17N5O2S. The van der Waals surface area contributed by atoms with Gasteiger partial charge in [0.1, 0.15) is 11.6 Å². The highest BCUT2D eigenvalue weighted by molar-refractivity contribution is 8.04. The minimum absolute atomic E-state index is 0.0761. The number of hydrogen-bond donors (Lipinski definition) is 2. The second-order valence-corrected chi connectivity index (χ2v) is 6.35. The number of esters is 1. The Bertz CT molecular complexity index is 975. The van der Waals surface area contributed by atoms with E-state index in [-0.39, 0.29) is 11.7 Å². The lowest BCUT2D eigenvalue weighted by Crippen LogP contribution is -2.09. The van der Waals surface area contributed by atoms with Gasteiger partial charge in [0, 0.05) is 11.9 Å². The lowest BCUT2D eigenvalue weighted by Gasteiger charge is -2.12. The summed E-state index contributed by atoms with van der Waals surface area (Å²) in [6.45, 7) is 2.06. The van der Waals surface area contributed by atoms with Crippen molar-refractivity contribution in [2.24, 2.45) is 0 Å². The van der Waals surface area contributed by atoms with E-state index in [1.807, 2.05) is 36.4 Å². The van der Waals surface area contributed by atoms with E-state index in [9.17, 15) is 10.1 Å².